The third-order valence-corrected chi connectivity index (χ3v) is 5.92. The molecule has 0 aliphatic heterocycles. The van der Waals surface area contributed by atoms with Gasteiger partial charge in [0.2, 0.25) is 0 Å². The van der Waals surface area contributed by atoms with Gasteiger partial charge in [-0.2, -0.15) is 31.6 Å². The Bertz CT molecular complexity index is 1540. The maximum Gasteiger partial charge on any atom is 0.430 e. The lowest BCUT2D eigenvalue weighted by Gasteiger charge is -2.27. The van der Waals surface area contributed by atoms with E-state index in [1.54, 1.807) is 6.07 Å². The second-order valence-electron chi connectivity index (χ2n) is 10.5. The standard InChI is InChI=1S/C28H27F6N5O4/c1-6-7-10-16(14-35)20-18(27(29,30)31)13-19(36-24(40)43-25(3,4)5)21(37-20)22-38-39-23(42-22)26(41,28(32,33)34)17-11-8-9-15(2)12-17/h6,8-9,11-13,16,41H,1,7,10H2,2-5H3,(H,36,40). The van der Waals surface area contributed by atoms with E-state index in [2.05, 4.69) is 27.1 Å². The van der Waals surface area contributed by atoms with E-state index < -0.39 is 75.5 Å². The minimum Gasteiger partial charge on any atom is -0.444 e. The van der Waals surface area contributed by atoms with Crippen molar-refractivity contribution in [3.8, 4) is 17.7 Å². The number of hydrogen-bond donors (Lipinski definition) is 2. The molecule has 2 heterocycles. The van der Waals surface area contributed by atoms with Crippen LogP contribution in [0.25, 0.3) is 11.6 Å². The molecule has 2 unspecified atom stereocenters. The smallest absolute Gasteiger partial charge is 0.430 e. The number of aliphatic hydroxyl groups is 1. The number of anilines is 1. The SMILES string of the molecule is C=CCCC(C#N)c1nc(-c2nnc(C(O)(c3cccc(C)c3)C(F)(F)F)o2)c(NC(=O)OC(C)(C)C)cc1C(F)(F)F. The molecule has 0 radical (unpaired) electrons. The van der Waals surface area contributed by atoms with Gasteiger partial charge in [-0.1, -0.05) is 35.9 Å². The number of ether oxygens (including phenoxy) is 1. The number of hydrogen-bond acceptors (Lipinski definition) is 8. The highest BCUT2D eigenvalue weighted by Crippen LogP contribution is 2.45. The number of nitriles is 1. The van der Waals surface area contributed by atoms with Gasteiger partial charge in [0.1, 0.15) is 5.60 Å². The van der Waals surface area contributed by atoms with Crippen molar-refractivity contribution in [3.05, 3.63) is 71.3 Å². The molecule has 9 nitrogen and oxygen atoms in total. The number of alkyl halides is 6. The van der Waals surface area contributed by atoms with Crippen LogP contribution in [0.15, 0.2) is 47.4 Å². The van der Waals surface area contributed by atoms with Gasteiger partial charge in [-0.05, 0) is 46.6 Å². The number of carbonyl (C=O) groups excluding carboxylic acids is 1. The van der Waals surface area contributed by atoms with Gasteiger partial charge >= 0.3 is 18.4 Å². The Hall–Kier alpha value is -4.45. The normalized spacial score (nSPS) is 14.4. The van der Waals surface area contributed by atoms with Crippen molar-refractivity contribution < 1.29 is 45.4 Å². The summed E-state index contributed by atoms with van der Waals surface area (Å²) in [6.07, 6.45) is -10.3. The Morgan fingerprint density at radius 2 is 1.86 bits per heavy atom. The summed E-state index contributed by atoms with van der Waals surface area (Å²) in [4.78, 5) is 16.5. The average molecular weight is 612 g/mol. The number of allylic oxidation sites excluding steroid dienone is 1. The molecular formula is C28H27F6N5O4. The van der Waals surface area contributed by atoms with Gasteiger partial charge in [-0.3, -0.25) is 5.32 Å². The second kappa shape index (κ2) is 12.0. The number of nitrogens with zero attached hydrogens (tertiary/aromatic N) is 4. The van der Waals surface area contributed by atoms with Gasteiger partial charge in [0.25, 0.3) is 17.4 Å². The fourth-order valence-electron chi connectivity index (χ4n) is 3.98. The summed E-state index contributed by atoms with van der Waals surface area (Å²) in [5.74, 6) is -3.70. The van der Waals surface area contributed by atoms with Gasteiger partial charge in [0.05, 0.1) is 28.9 Å². The molecule has 230 valence electrons. The number of halogens is 6. The summed E-state index contributed by atoms with van der Waals surface area (Å²) in [6, 6.07) is 6.94. The second-order valence-corrected chi connectivity index (χ2v) is 10.5. The summed E-state index contributed by atoms with van der Waals surface area (Å²) in [6.45, 7) is 9.43. The van der Waals surface area contributed by atoms with Crippen molar-refractivity contribution >= 4 is 11.8 Å². The predicted octanol–water partition coefficient (Wildman–Crippen LogP) is 7.18. The number of aryl methyl sites for hydroxylation is 1. The van der Waals surface area contributed by atoms with Crippen molar-refractivity contribution in [1.82, 2.24) is 15.2 Å². The first-order valence-electron chi connectivity index (χ1n) is 12.6. The zero-order chi connectivity index (χ0) is 32.4. The topological polar surface area (TPSA) is 134 Å². The number of pyridine rings is 1. The maximum absolute atomic E-state index is 14.3. The molecule has 0 spiro atoms. The number of benzene rings is 1. The van der Waals surface area contributed by atoms with Crippen LogP contribution in [-0.4, -0.2) is 38.2 Å². The summed E-state index contributed by atoms with van der Waals surface area (Å²) in [5.41, 5.74) is -8.83. The van der Waals surface area contributed by atoms with Crippen LogP contribution in [-0.2, 0) is 16.5 Å². The predicted molar refractivity (Wildman–Crippen MR) is 140 cm³/mol. The van der Waals surface area contributed by atoms with Crippen LogP contribution in [0.3, 0.4) is 0 Å². The number of aromatic nitrogens is 3. The van der Waals surface area contributed by atoms with Gasteiger partial charge < -0.3 is 14.3 Å². The molecule has 0 bridgehead atoms. The minimum absolute atomic E-state index is 0.129. The third-order valence-electron chi connectivity index (χ3n) is 5.92. The van der Waals surface area contributed by atoms with Gasteiger partial charge in [-0.25, -0.2) is 9.78 Å². The first-order chi connectivity index (χ1) is 19.8. The van der Waals surface area contributed by atoms with Crippen molar-refractivity contribution in [3.63, 3.8) is 0 Å². The first-order valence-corrected chi connectivity index (χ1v) is 12.6. The lowest BCUT2D eigenvalue weighted by Crippen LogP contribution is -2.43. The van der Waals surface area contributed by atoms with E-state index in [9.17, 15) is 41.5 Å². The molecule has 0 saturated heterocycles. The maximum atomic E-state index is 14.3. The number of carbonyl (C=O) groups is 1. The lowest BCUT2D eigenvalue weighted by molar-refractivity contribution is -0.255. The molecule has 1 aromatic carbocycles. The highest BCUT2D eigenvalue weighted by Gasteiger charge is 2.60. The van der Waals surface area contributed by atoms with E-state index in [4.69, 9.17) is 9.15 Å². The molecule has 0 aliphatic carbocycles. The molecule has 15 heteroatoms. The average Bonchev–Trinajstić information content (AvgIpc) is 3.37. The van der Waals surface area contributed by atoms with Crippen molar-refractivity contribution in [1.29, 1.82) is 5.26 Å². The summed E-state index contributed by atoms with van der Waals surface area (Å²) in [7, 11) is 0. The summed E-state index contributed by atoms with van der Waals surface area (Å²) >= 11 is 0. The van der Waals surface area contributed by atoms with Crippen LogP contribution >= 0.6 is 0 Å². The van der Waals surface area contributed by atoms with E-state index in [0.717, 1.165) is 12.1 Å². The Kier molecular flexibility index (Phi) is 9.26. The fraction of sp³-hybridized carbons (Fsp3) is 0.393. The molecule has 3 rings (SSSR count). The molecule has 2 aromatic heterocycles. The molecule has 2 atom stereocenters. The van der Waals surface area contributed by atoms with E-state index in [0.29, 0.717) is 11.6 Å². The minimum atomic E-state index is -5.39. The Morgan fingerprint density at radius 3 is 2.40 bits per heavy atom. The largest absolute Gasteiger partial charge is 0.444 e. The van der Waals surface area contributed by atoms with Crippen molar-refractivity contribution in [2.45, 2.75) is 70.0 Å². The zero-order valence-corrected chi connectivity index (χ0v) is 23.4. The molecule has 43 heavy (non-hydrogen) atoms. The van der Waals surface area contributed by atoms with Gasteiger partial charge in [-0.15, -0.1) is 16.8 Å². The third kappa shape index (κ3) is 7.31. The van der Waals surface area contributed by atoms with Gasteiger partial charge in [0, 0.05) is 5.56 Å². The number of amides is 1. The fourth-order valence-corrected chi connectivity index (χ4v) is 3.98. The molecule has 1 amide bonds. The van der Waals surface area contributed by atoms with Gasteiger partial charge in [0.15, 0.2) is 5.69 Å². The van der Waals surface area contributed by atoms with E-state index in [-0.39, 0.29) is 12.8 Å². The monoisotopic (exact) mass is 611 g/mol. The molecule has 0 saturated carbocycles. The molecule has 2 N–H and O–H groups in total. The molecule has 3 aromatic rings. The van der Waals surface area contributed by atoms with Crippen molar-refractivity contribution in [2.75, 3.05) is 5.32 Å². The van der Waals surface area contributed by atoms with Crippen molar-refractivity contribution in [2.24, 2.45) is 0 Å². The van der Waals surface area contributed by atoms with Crippen LogP contribution in [0.5, 0.6) is 0 Å². The van der Waals surface area contributed by atoms with Crippen LogP contribution in [0.1, 0.15) is 67.8 Å². The lowest BCUT2D eigenvalue weighted by atomic mass is 9.92. The number of rotatable bonds is 8. The van der Waals surface area contributed by atoms with E-state index in [1.165, 1.54) is 45.9 Å². The molecule has 0 aliphatic rings. The Morgan fingerprint density at radius 1 is 1.19 bits per heavy atom. The summed E-state index contributed by atoms with van der Waals surface area (Å²) in [5, 5.41) is 29.5. The highest BCUT2D eigenvalue weighted by atomic mass is 19.4. The molecular weight excluding hydrogens is 584 g/mol. The van der Waals surface area contributed by atoms with Crippen LogP contribution in [0.2, 0.25) is 0 Å². The summed E-state index contributed by atoms with van der Waals surface area (Å²) < 4.78 is 95.8. The van der Waals surface area contributed by atoms with Crippen LogP contribution in [0, 0.1) is 18.3 Å². The highest BCUT2D eigenvalue weighted by molar-refractivity contribution is 5.89. The Labute approximate surface area is 242 Å². The Balaban J connectivity index is 2.31. The first kappa shape index (κ1) is 33.1. The van der Waals surface area contributed by atoms with E-state index in [1.807, 2.05) is 0 Å². The zero-order valence-electron chi connectivity index (χ0n) is 23.4. The van der Waals surface area contributed by atoms with Crippen LogP contribution < -0.4 is 5.32 Å². The van der Waals surface area contributed by atoms with E-state index >= 15 is 0 Å². The van der Waals surface area contributed by atoms with Crippen LogP contribution in [0.4, 0.5) is 36.8 Å². The quantitative estimate of drug-likeness (QED) is 0.202. The molecule has 0 fully saturated rings. The number of nitrogens with one attached hydrogen (secondary N) is 1.